The minimum absolute atomic E-state index is 0.00237. The Labute approximate surface area is 209 Å². The van der Waals surface area contributed by atoms with Crippen LogP contribution in [0.15, 0.2) is 48.7 Å². The van der Waals surface area contributed by atoms with Crippen LogP contribution >= 0.6 is 11.3 Å². The first-order valence-electron chi connectivity index (χ1n) is 11.6. The number of pyridine rings is 1. The summed E-state index contributed by atoms with van der Waals surface area (Å²) < 4.78 is 5.28. The standard InChI is InChI=1S/C27H28N4O3S/c1-18(19-6-5-8-21(15-19)34-2)14-25(32)30-27-23(16-28)22-11-13-31(17-24(22)35-27)26(33)10-9-20-7-3-4-12-29-20/h3-8,12,15,18H,9-11,13-14,17H2,1-2H3,(H,30,32). The fraction of sp³-hybridized carbons (Fsp3) is 0.333. The van der Waals surface area contributed by atoms with Gasteiger partial charge in [-0.25, -0.2) is 0 Å². The molecule has 7 nitrogen and oxygen atoms in total. The van der Waals surface area contributed by atoms with Gasteiger partial charge in [-0.2, -0.15) is 5.26 Å². The number of nitriles is 1. The molecule has 0 radical (unpaired) electrons. The molecule has 35 heavy (non-hydrogen) atoms. The summed E-state index contributed by atoms with van der Waals surface area (Å²) in [5.41, 5.74) is 3.38. The summed E-state index contributed by atoms with van der Waals surface area (Å²) in [5, 5.41) is 13.3. The van der Waals surface area contributed by atoms with Crippen molar-refractivity contribution >= 4 is 28.2 Å². The monoisotopic (exact) mass is 488 g/mol. The number of carbonyl (C=O) groups excluding carboxylic acids is 2. The van der Waals surface area contributed by atoms with Gasteiger partial charge in [0.15, 0.2) is 0 Å². The molecule has 0 bridgehead atoms. The van der Waals surface area contributed by atoms with Crippen molar-refractivity contribution in [2.24, 2.45) is 0 Å². The number of amides is 2. The van der Waals surface area contributed by atoms with Crippen LogP contribution in [0.5, 0.6) is 5.75 Å². The van der Waals surface area contributed by atoms with Gasteiger partial charge in [0.2, 0.25) is 11.8 Å². The van der Waals surface area contributed by atoms with E-state index >= 15 is 0 Å². The fourth-order valence-electron chi connectivity index (χ4n) is 4.28. The minimum Gasteiger partial charge on any atom is -0.497 e. The summed E-state index contributed by atoms with van der Waals surface area (Å²) in [7, 11) is 1.62. The molecule has 0 saturated heterocycles. The van der Waals surface area contributed by atoms with E-state index in [2.05, 4.69) is 16.4 Å². The molecule has 0 spiro atoms. The van der Waals surface area contributed by atoms with Gasteiger partial charge in [0.05, 0.1) is 19.2 Å². The van der Waals surface area contributed by atoms with E-state index in [0.717, 1.165) is 27.4 Å². The number of hydrogen-bond donors (Lipinski definition) is 1. The van der Waals surface area contributed by atoms with Crippen LogP contribution in [0.2, 0.25) is 0 Å². The van der Waals surface area contributed by atoms with Crippen LogP contribution in [-0.4, -0.2) is 35.4 Å². The maximum absolute atomic E-state index is 12.8. The van der Waals surface area contributed by atoms with Gasteiger partial charge < -0.3 is 15.0 Å². The number of nitrogens with zero attached hydrogens (tertiary/aromatic N) is 3. The number of carbonyl (C=O) groups is 2. The summed E-state index contributed by atoms with van der Waals surface area (Å²) in [6.07, 6.45) is 3.63. The highest BCUT2D eigenvalue weighted by Crippen LogP contribution is 2.37. The Morgan fingerprint density at radius 1 is 1.29 bits per heavy atom. The molecule has 0 saturated carbocycles. The Bertz CT molecular complexity index is 1250. The molecule has 0 fully saturated rings. The Morgan fingerprint density at radius 3 is 2.89 bits per heavy atom. The molecule has 3 aromatic rings. The van der Waals surface area contributed by atoms with Crippen LogP contribution in [0, 0.1) is 11.3 Å². The maximum Gasteiger partial charge on any atom is 0.225 e. The summed E-state index contributed by atoms with van der Waals surface area (Å²) in [5.74, 6) is 0.689. The highest BCUT2D eigenvalue weighted by atomic mass is 32.1. The molecule has 1 aliphatic rings. The summed E-state index contributed by atoms with van der Waals surface area (Å²) in [4.78, 5) is 32.7. The molecule has 2 amide bonds. The molecule has 1 aromatic carbocycles. The Balaban J connectivity index is 1.39. The van der Waals surface area contributed by atoms with Gasteiger partial charge in [0.1, 0.15) is 16.8 Å². The third kappa shape index (κ3) is 5.87. The maximum atomic E-state index is 12.8. The fourth-order valence-corrected chi connectivity index (χ4v) is 5.51. The third-order valence-electron chi connectivity index (χ3n) is 6.25. The van der Waals surface area contributed by atoms with E-state index in [1.54, 1.807) is 13.3 Å². The lowest BCUT2D eigenvalue weighted by Gasteiger charge is -2.27. The van der Waals surface area contributed by atoms with E-state index in [9.17, 15) is 14.9 Å². The minimum atomic E-state index is -0.140. The Hall–Kier alpha value is -3.70. The first-order valence-corrected chi connectivity index (χ1v) is 12.5. The highest BCUT2D eigenvalue weighted by molar-refractivity contribution is 7.16. The number of rotatable bonds is 8. The van der Waals surface area contributed by atoms with E-state index in [-0.39, 0.29) is 17.7 Å². The number of hydrogen-bond acceptors (Lipinski definition) is 6. The zero-order chi connectivity index (χ0) is 24.8. The molecule has 1 aliphatic heterocycles. The Morgan fingerprint density at radius 2 is 2.14 bits per heavy atom. The predicted octanol–water partition coefficient (Wildman–Crippen LogP) is 4.67. The molecule has 2 aromatic heterocycles. The van der Waals surface area contributed by atoms with Crippen LogP contribution in [0.1, 0.15) is 52.9 Å². The normalized spacial score (nSPS) is 13.5. The third-order valence-corrected chi connectivity index (χ3v) is 7.38. The summed E-state index contributed by atoms with van der Waals surface area (Å²) in [6.45, 7) is 3.03. The first kappa shape index (κ1) is 24.4. The van der Waals surface area contributed by atoms with Crippen LogP contribution in [0.3, 0.4) is 0 Å². The quantitative estimate of drug-likeness (QED) is 0.497. The molecule has 180 valence electrons. The summed E-state index contributed by atoms with van der Waals surface area (Å²) in [6, 6.07) is 15.7. The van der Waals surface area contributed by atoms with Gasteiger partial charge in [-0.1, -0.05) is 25.1 Å². The average Bonchev–Trinajstić information content (AvgIpc) is 3.23. The van der Waals surface area contributed by atoms with Crippen molar-refractivity contribution in [2.45, 2.75) is 45.1 Å². The van der Waals surface area contributed by atoms with Crippen LogP contribution in [0.25, 0.3) is 0 Å². The molecule has 8 heteroatoms. The van der Waals surface area contributed by atoms with Crippen molar-refractivity contribution < 1.29 is 14.3 Å². The lowest BCUT2D eigenvalue weighted by atomic mass is 9.97. The predicted molar refractivity (Wildman–Crippen MR) is 135 cm³/mol. The molecular weight excluding hydrogens is 460 g/mol. The second kappa shape index (κ2) is 11.2. The second-order valence-corrected chi connectivity index (χ2v) is 9.74. The van der Waals surface area contributed by atoms with Gasteiger partial charge >= 0.3 is 0 Å². The van der Waals surface area contributed by atoms with Gasteiger partial charge in [-0.05, 0) is 54.2 Å². The average molecular weight is 489 g/mol. The highest BCUT2D eigenvalue weighted by Gasteiger charge is 2.27. The van der Waals surface area contributed by atoms with E-state index in [1.165, 1.54) is 11.3 Å². The number of thiophene rings is 1. The Kier molecular flexibility index (Phi) is 7.78. The number of ether oxygens (including phenoxy) is 1. The lowest BCUT2D eigenvalue weighted by molar-refractivity contribution is -0.132. The van der Waals surface area contributed by atoms with Crippen molar-refractivity contribution in [3.63, 3.8) is 0 Å². The van der Waals surface area contributed by atoms with Crippen molar-refractivity contribution in [1.29, 1.82) is 5.26 Å². The molecule has 1 N–H and O–H groups in total. The van der Waals surface area contributed by atoms with Crippen molar-refractivity contribution in [1.82, 2.24) is 9.88 Å². The number of aryl methyl sites for hydroxylation is 1. The molecule has 4 rings (SSSR count). The molecule has 1 unspecified atom stereocenters. The van der Waals surface area contributed by atoms with Crippen LogP contribution in [0.4, 0.5) is 5.00 Å². The molecule has 3 heterocycles. The van der Waals surface area contributed by atoms with E-state index in [1.807, 2.05) is 54.3 Å². The largest absolute Gasteiger partial charge is 0.497 e. The first-order chi connectivity index (χ1) is 17.0. The number of aromatic nitrogens is 1. The van der Waals surface area contributed by atoms with Gasteiger partial charge in [-0.3, -0.25) is 14.6 Å². The molecular formula is C27H28N4O3S. The summed E-state index contributed by atoms with van der Waals surface area (Å²) >= 11 is 1.40. The van der Waals surface area contributed by atoms with E-state index < -0.39 is 0 Å². The number of benzene rings is 1. The van der Waals surface area contributed by atoms with Crippen LogP contribution < -0.4 is 10.1 Å². The smallest absolute Gasteiger partial charge is 0.225 e. The van der Waals surface area contributed by atoms with Crippen molar-refractivity contribution in [2.75, 3.05) is 19.0 Å². The van der Waals surface area contributed by atoms with Gasteiger partial charge in [0.25, 0.3) is 0 Å². The van der Waals surface area contributed by atoms with Crippen LogP contribution in [-0.2, 0) is 29.0 Å². The van der Waals surface area contributed by atoms with Crippen molar-refractivity contribution in [3.05, 3.63) is 75.9 Å². The number of nitrogens with one attached hydrogen (secondary N) is 1. The van der Waals surface area contributed by atoms with Gasteiger partial charge in [-0.15, -0.1) is 11.3 Å². The molecule has 0 aliphatic carbocycles. The number of methoxy groups -OCH3 is 1. The lowest BCUT2D eigenvalue weighted by Crippen LogP contribution is -2.35. The van der Waals surface area contributed by atoms with Gasteiger partial charge in [0, 0.05) is 36.2 Å². The number of fused-ring (bicyclic) bond motifs is 1. The zero-order valence-electron chi connectivity index (χ0n) is 19.9. The number of anilines is 1. The van der Waals surface area contributed by atoms with E-state index in [4.69, 9.17) is 4.74 Å². The molecule has 1 atom stereocenters. The van der Waals surface area contributed by atoms with Crippen molar-refractivity contribution in [3.8, 4) is 11.8 Å². The van der Waals surface area contributed by atoms with E-state index in [0.29, 0.717) is 49.3 Å². The zero-order valence-corrected chi connectivity index (χ0v) is 20.7. The second-order valence-electron chi connectivity index (χ2n) is 8.64. The SMILES string of the molecule is COc1cccc(C(C)CC(=O)Nc2sc3c(c2C#N)CCN(C(=O)CCc2ccccn2)C3)c1. The topological polar surface area (TPSA) is 95.3 Å².